The third kappa shape index (κ3) is 5.47. The topological polar surface area (TPSA) is 102 Å². The number of hydrogen-bond acceptors (Lipinski definition) is 7. The molecule has 2 aromatic carbocycles. The molecule has 2 N–H and O–H groups in total. The molecule has 1 atom stereocenters. The lowest BCUT2D eigenvalue weighted by Crippen LogP contribution is -2.28. The lowest BCUT2D eigenvalue weighted by Gasteiger charge is -2.15. The van der Waals surface area contributed by atoms with Crippen LogP contribution in [-0.4, -0.2) is 37.3 Å². The van der Waals surface area contributed by atoms with Crippen LogP contribution in [0.3, 0.4) is 0 Å². The molecule has 10 heteroatoms. The van der Waals surface area contributed by atoms with Gasteiger partial charge in [0.15, 0.2) is 16.1 Å². The number of nitrogens with one attached hydrogen (secondary N) is 2. The normalized spacial score (nSPS) is 11.8. The van der Waals surface area contributed by atoms with E-state index in [0.29, 0.717) is 28.2 Å². The summed E-state index contributed by atoms with van der Waals surface area (Å²) in [4.78, 5) is 29.4. The summed E-state index contributed by atoms with van der Waals surface area (Å²) in [5.74, 6) is 0.365. The zero-order chi connectivity index (χ0) is 23.2. The van der Waals surface area contributed by atoms with Gasteiger partial charge in [-0.3, -0.25) is 9.59 Å². The van der Waals surface area contributed by atoms with E-state index in [4.69, 9.17) is 0 Å². The van der Waals surface area contributed by atoms with Gasteiger partial charge in [0.05, 0.1) is 22.0 Å². The number of thiazole rings is 1. The van der Waals surface area contributed by atoms with E-state index in [0.717, 1.165) is 10.2 Å². The fraction of sp³-hybridized carbons (Fsp3) is 0.174. The second kappa shape index (κ2) is 10.4. The first-order valence-corrected chi connectivity index (χ1v) is 12.0. The molecular weight excluding hydrogens is 456 g/mol. The van der Waals surface area contributed by atoms with Crippen molar-refractivity contribution in [1.29, 1.82) is 0 Å². The molecular formula is C23H22N6O2S2. The molecule has 168 valence electrons. The molecule has 0 unspecified atom stereocenters. The van der Waals surface area contributed by atoms with Crippen LogP contribution in [-0.2, 0) is 11.3 Å². The number of nitrogens with zero attached hydrogens (tertiary/aromatic N) is 4. The van der Waals surface area contributed by atoms with Gasteiger partial charge in [-0.1, -0.05) is 59.5 Å². The van der Waals surface area contributed by atoms with Gasteiger partial charge in [-0.05, 0) is 31.2 Å². The molecule has 33 heavy (non-hydrogen) atoms. The molecule has 8 nitrogen and oxygen atoms in total. The fourth-order valence-electron chi connectivity index (χ4n) is 3.17. The average Bonchev–Trinajstić information content (AvgIpc) is 3.41. The van der Waals surface area contributed by atoms with Gasteiger partial charge in [0.2, 0.25) is 5.91 Å². The summed E-state index contributed by atoms with van der Waals surface area (Å²) in [7, 11) is 0. The number of rotatable bonds is 9. The van der Waals surface area contributed by atoms with Crippen LogP contribution >= 0.6 is 23.1 Å². The van der Waals surface area contributed by atoms with Crippen molar-refractivity contribution in [1.82, 2.24) is 25.1 Å². The van der Waals surface area contributed by atoms with E-state index in [2.05, 4.69) is 32.4 Å². The molecule has 4 aromatic rings. The number of amides is 2. The number of carbonyl (C=O) groups excluding carboxylic acids is 2. The summed E-state index contributed by atoms with van der Waals surface area (Å²) in [6.07, 6.45) is 1.73. The Hall–Kier alpha value is -3.50. The zero-order valence-electron chi connectivity index (χ0n) is 17.9. The highest BCUT2D eigenvalue weighted by Crippen LogP contribution is 2.26. The highest BCUT2D eigenvalue weighted by molar-refractivity contribution is 7.99. The fourth-order valence-corrected chi connectivity index (χ4v) is 4.81. The molecule has 0 fully saturated rings. The Morgan fingerprint density at radius 1 is 1.15 bits per heavy atom. The van der Waals surface area contributed by atoms with E-state index in [9.17, 15) is 9.59 Å². The Balaban J connectivity index is 1.40. The maximum absolute atomic E-state index is 12.5. The number of benzene rings is 2. The molecule has 2 aromatic heterocycles. The number of anilines is 1. The van der Waals surface area contributed by atoms with Gasteiger partial charge in [-0.2, -0.15) is 0 Å². The molecule has 0 saturated heterocycles. The molecule has 2 amide bonds. The molecule has 4 rings (SSSR count). The molecule has 0 spiro atoms. The lowest BCUT2D eigenvalue weighted by atomic mass is 10.2. The predicted molar refractivity (Wildman–Crippen MR) is 132 cm³/mol. The first-order valence-electron chi connectivity index (χ1n) is 10.2. The summed E-state index contributed by atoms with van der Waals surface area (Å²) >= 11 is 2.70. The van der Waals surface area contributed by atoms with Crippen LogP contribution in [0.2, 0.25) is 0 Å². The van der Waals surface area contributed by atoms with Crippen molar-refractivity contribution in [2.24, 2.45) is 0 Å². The molecule has 0 aliphatic heterocycles. The summed E-state index contributed by atoms with van der Waals surface area (Å²) < 4.78 is 2.86. The summed E-state index contributed by atoms with van der Waals surface area (Å²) in [6, 6.07) is 16.3. The SMILES string of the molecule is C=CCn1c(SCC(=O)Nc2nc3ccccc3s2)nnc1[C@@H](C)NC(=O)c1ccccc1. The smallest absolute Gasteiger partial charge is 0.251 e. The van der Waals surface area contributed by atoms with Gasteiger partial charge >= 0.3 is 0 Å². The van der Waals surface area contributed by atoms with Crippen LogP contribution in [0.5, 0.6) is 0 Å². The van der Waals surface area contributed by atoms with Crippen LogP contribution in [0, 0.1) is 0 Å². The maximum atomic E-state index is 12.5. The summed E-state index contributed by atoms with van der Waals surface area (Å²) in [5.41, 5.74) is 1.42. The molecule has 0 saturated carbocycles. The van der Waals surface area contributed by atoms with E-state index in [1.54, 1.807) is 18.2 Å². The van der Waals surface area contributed by atoms with E-state index >= 15 is 0 Å². The summed E-state index contributed by atoms with van der Waals surface area (Å²) in [6.45, 7) is 6.10. The molecule has 0 bridgehead atoms. The lowest BCUT2D eigenvalue weighted by molar-refractivity contribution is -0.113. The second-order valence-electron chi connectivity index (χ2n) is 7.12. The first-order chi connectivity index (χ1) is 16.0. The Morgan fingerprint density at radius 2 is 1.91 bits per heavy atom. The van der Waals surface area contributed by atoms with Crippen LogP contribution in [0.25, 0.3) is 10.2 Å². The van der Waals surface area contributed by atoms with Crippen molar-refractivity contribution in [2.45, 2.75) is 24.7 Å². The average molecular weight is 479 g/mol. The predicted octanol–water partition coefficient (Wildman–Crippen LogP) is 4.30. The van der Waals surface area contributed by atoms with Gasteiger partial charge in [0, 0.05) is 12.1 Å². The van der Waals surface area contributed by atoms with Crippen LogP contribution in [0.4, 0.5) is 5.13 Å². The van der Waals surface area contributed by atoms with Crippen molar-refractivity contribution in [3.63, 3.8) is 0 Å². The number of para-hydroxylation sites is 1. The number of fused-ring (bicyclic) bond motifs is 1. The molecule has 0 aliphatic carbocycles. The number of thioether (sulfide) groups is 1. The standard InChI is InChI=1S/C23H22N6O2S2/c1-3-13-29-20(15(2)24-21(31)16-9-5-4-6-10-16)27-28-23(29)32-14-19(30)26-22-25-17-11-7-8-12-18(17)33-22/h3-12,15H,1,13-14H2,2H3,(H,24,31)(H,25,26,30)/t15-/m1/s1. The van der Waals surface area contributed by atoms with Crippen LogP contribution < -0.4 is 10.6 Å². The van der Waals surface area contributed by atoms with Crippen LogP contribution in [0.1, 0.15) is 29.1 Å². The van der Waals surface area contributed by atoms with Crippen LogP contribution in [0.15, 0.2) is 72.4 Å². The molecule has 0 radical (unpaired) electrons. The minimum Gasteiger partial charge on any atom is -0.342 e. The quantitative estimate of drug-likeness (QED) is 0.275. The van der Waals surface area contributed by atoms with Crippen molar-refractivity contribution in [3.8, 4) is 0 Å². The maximum Gasteiger partial charge on any atom is 0.251 e. The van der Waals surface area contributed by atoms with E-state index in [1.165, 1.54) is 23.1 Å². The van der Waals surface area contributed by atoms with Crippen molar-refractivity contribution in [2.75, 3.05) is 11.1 Å². The van der Waals surface area contributed by atoms with E-state index in [-0.39, 0.29) is 23.6 Å². The van der Waals surface area contributed by atoms with Crippen molar-refractivity contribution >= 4 is 50.3 Å². The summed E-state index contributed by atoms with van der Waals surface area (Å²) in [5, 5.41) is 15.4. The second-order valence-corrected chi connectivity index (χ2v) is 9.10. The number of hydrogen-bond donors (Lipinski definition) is 2. The Bertz CT molecular complexity index is 1250. The number of carbonyl (C=O) groups is 2. The molecule has 0 aliphatic rings. The van der Waals surface area contributed by atoms with Gasteiger partial charge in [-0.15, -0.1) is 16.8 Å². The molecule has 2 heterocycles. The Morgan fingerprint density at radius 3 is 2.67 bits per heavy atom. The van der Waals surface area contributed by atoms with E-state index < -0.39 is 0 Å². The minimum absolute atomic E-state index is 0.149. The Kier molecular flexibility index (Phi) is 7.16. The number of aromatic nitrogens is 4. The zero-order valence-corrected chi connectivity index (χ0v) is 19.5. The third-order valence-corrected chi connectivity index (χ3v) is 6.62. The monoisotopic (exact) mass is 478 g/mol. The van der Waals surface area contributed by atoms with Gasteiger partial charge < -0.3 is 15.2 Å². The largest absolute Gasteiger partial charge is 0.342 e. The first kappa shape index (κ1) is 22.7. The number of allylic oxidation sites excluding steroid dienone is 1. The Labute approximate surface area is 199 Å². The van der Waals surface area contributed by atoms with Gasteiger partial charge in [0.1, 0.15) is 0 Å². The van der Waals surface area contributed by atoms with Gasteiger partial charge in [0.25, 0.3) is 5.91 Å². The van der Waals surface area contributed by atoms with Crippen molar-refractivity contribution < 1.29 is 9.59 Å². The van der Waals surface area contributed by atoms with E-state index in [1.807, 2.05) is 54.0 Å². The highest BCUT2D eigenvalue weighted by Gasteiger charge is 2.20. The minimum atomic E-state index is -0.379. The third-order valence-electron chi connectivity index (χ3n) is 4.70. The highest BCUT2D eigenvalue weighted by atomic mass is 32.2. The van der Waals surface area contributed by atoms with Gasteiger partial charge in [-0.25, -0.2) is 4.98 Å². The van der Waals surface area contributed by atoms with Crippen molar-refractivity contribution in [3.05, 3.63) is 78.6 Å².